The zero-order valence-corrected chi connectivity index (χ0v) is 13.4. The van der Waals surface area contributed by atoms with Crippen molar-refractivity contribution in [3.63, 3.8) is 0 Å². The summed E-state index contributed by atoms with van der Waals surface area (Å²) in [5.41, 5.74) is 0. The van der Waals surface area contributed by atoms with Crippen molar-refractivity contribution in [1.29, 1.82) is 0 Å². The third-order valence-corrected chi connectivity index (χ3v) is 4.75. The SMILES string of the molecule is COCCN(CCC(=O)N1CCN(C)CC1)S(C)(=O)=O. The molecule has 0 aromatic rings. The Kier molecular flexibility index (Phi) is 6.87. The summed E-state index contributed by atoms with van der Waals surface area (Å²) in [6.45, 7) is 3.99. The highest BCUT2D eigenvalue weighted by Gasteiger charge is 2.22. The first-order chi connectivity index (χ1) is 9.34. The zero-order valence-electron chi connectivity index (χ0n) is 12.5. The van der Waals surface area contributed by atoms with Gasteiger partial charge in [0.2, 0.25) is 15.9 Å². The van der Waals surface area contributed by atoms with Crippen molar-refractivity contribution in [2.75, 3.05) is 66.3 Å². The van der Waals surface area contributed by atoms with Crippen molar-refractivity contribution in [3.8, 4) is 0 Å². The van der Waals surface area contributed by atoms with E-state index in [4.69, 9.17) is 4.74 Å². The lowest BCUT2D eigenvalue weighted by atomic mass is 10.3. The average molecular weight is 307 g/mol. The van der Waals surface area contributed by atoms with Gasteiger partial charge in [0.15, 0.2) is 0 Å². The summed E-state index contributed by atoms with van der Waals surface area (Å²) in [6.07, 6.45) is 1.38. The van der Waals surface area contributed by atoms with E-state index >= 15 is 0 Å². The lowest BCUT2D eigenvalue weighted by Gasteiger charge is -2.32. The topological polar surface area (TPSA) is 70.2 Å². The van der Waals surface area contributed by atoms with Crippen molar-refractivity contribution in [2.24, 2.45) is 0 Å². The van der Waals surface area contributed by atoms with Gasteiger partial charge in [-0.15, -0.1) is 0 Å². The Labute approximate surface area is 121 Å². The van der Waals surface area contributed by atoms with E-state index < -0.39 is 10.0 Å². The Hall–Kier alpha value is -0.700. The van der Waals surface area contributed by atoms with Crippen molar-refractivity contribution in [2.45, 2.75) is 6.42 Å². The fraction of sp³-hybridized carbons (Fsp3) is 0.917. The van der Waals surface area contributed by atoms with E-state index in [1.165, 1.54) is 11.4 Å². The van der Waals surface area contributed by atoms with E-state index in [1.54, 1.807) is 4.90 Å². The molecule has 1 heterocycles. The molecule has 0 atom stereocenters. The maximum atomic E-state index is 12.1. The first-order valence-corrected chi connectivity index (χ1v) is 8.60. The summed E-state index contributed by atoms with van der Waals surface area (Å²) >= 11 is 0. The van der Waals surface area contributed by atoms with Gasteiger partial charge >= 0.3 is 0 Å². The number of rotatable bonds is 7. The molecular weight excluding hydrogens is 282 g/mol. The van der Waals surface area contributed by atoms with Crippen LogP contribution in [0.4, 0.5) is 0 Å². The molecule has 0 saturated carbocycles. The van der Waals surface area contributed by atoms with Crippen LogP contribution in [-0.4, -0.2) is 94.7 Å². The van der Waals surface area contributed by atoms with Gasteiger partial charge in [-0.25, -0.2) is 8.42 Å². The van der Waals surface area contributed by atoms with E-state index in [1.807, 2.05) is 7.05 Å². The standard InChI is InChI=1S/C12H25N3O4S/c1-13-6-8-14(9-7-13)12(16)4-5-15(10-11-19-2)20(3,17)18/h4-11H2,1-3H3. The molecule has 1 rings (SSSR count). The molecule has 7 nitrogen and oxygen atoms in total. The molecule has 0 N–H and O–H groups in total. The van der Waals surface area contributed by atoms with E-state index in [9.17, 15) is 13.2 Å². The van der Waals surface area contributed by atoms with Gasteiger partial charge in [0.05, 0.1) is 12.9 Å². The average Bonchev–Trinajstić information content (AvgIpc) is 2.37. The molecule has 118 valence electrons. The Morgan fingerprint density at radius 2 is 1.80 bits per heavy atom. The van der Waals surface area contributed by atoms with Crippen LogP contribution in [0.5, 0.6) is 0 Å². The van der Waals surface area contributed by atoms with Crippen molar-refractivity contribution in [3.05, 3.63) is 0 Å². The van der Waals surface area contributed by atoms with Crippen LogP contribution in [0.25, 0.3) is 0 Å². The van der Waals surface area contributed by atoms with Crippen molar-refractivity contribution < 1.29 is 17.9 Å². The molecule has 8 heteroatoms. The van der Waals surface area contributed by atoms with Gasteiger partial charge in [0.25, 0.3) is 0 Å². The van der Waals surface area contributed by atoms with Gasteiger partial charge in [-0.05, 0) is 7.05 Å². The van der Waals surface area contributed by atoms with Crippen molar-refractivity contribution >= 4 is 15.9 Å². The summed E-state index contributed by atoms with van der Waals surface area (Å²) in [5, 5.41) is 0. The number of hydrogen-bond acceptors (Lipinski definition) is 5. The first kappa shape index (κ1) is 17.4. The second-order valence-electron chi connectivity index (χ2n) is 5.09. The van der Waals surface area contributed by atoms with Crippen LogP contribution in [0.1, 0.15) is 6.42 Å². The zero-order chi connectivity index (χ0) is 15.2. The number of sulfonamides is 1. The van der Waals surface area contributed by atoms with Gasteiger partial charge in [-0.1, -0.05) is 0 Å². The molecule has 0 aromatic heterocycles. The number of ether oxygens (including phenoxy) is 1. The molecule has 1 saturated heterocycles. The molecule has 0 bridgehead atoms. The fourth-order valence-corrected chi connectivity index (χ4v) is 2.90. The monoisotopic (exact) mass is 307 g/mol. The Morgan fingerprint density at radius 3 is 2.30 bits per heavy atom. The van der Waals surface area contributed by atoms with Crippen LogP contribution < -0.4 is 0 Å². The Bertz CT molecular complexity index is 405. The third kappa shape index (κ3) is 5.74. The second kappa shape index (κ2) is 7.92. The van der Waals surface area contributed by atoms with Crippen LogP contribution in [-0.2, 0) is 19.6 Å². The van der Waals surface area contributed by atoms with Crippen LogP contribution in [0, 0.1) is 0 Å². The minimum atomic E-state index is -3.30. The highest BCUT2D eigenvalue weighted by molar-refractivity contribution is 7.88. The molecule has 0 radical (unpaired) electrons. The number of methoxy groups -OCH3 is 1. The maximum absolute atomic E-state index is 12.1. The number of nitrogens with zero attached hydrogens (tertiary/aromatic N) is 3. The first-order valence-electron chi connectivity index (χ1n) is 6.75. The quantitative estimate of drug-likeness (QED) is 0.607. The molecule has 0 unspecified atom stereocenters. The molecule has 0 spiro atoms. The van der Waals surface area contributed by atoms with Gasteiger partial charge in [0.1, 0.15) is 0 Å². The summed E-state index contributed by atoms with van der Waals surface area (Å²) in [6, 6.07) is 0. The molecule has 1 aliphatic rings. The molecule has 0 aromatic carbocycles. The molecule has 1 amide bonds. The maximum Gasteiger partial charge on any atom is 0.223 e. The van der Waals surface area contributed by atoms with E-state index in [0.29, 0.717) is 19.7 Å². The lowest BCUT2D eigenvalue weighted by molar-refractivity contribution is -0.132. The van der Waals surface area contributed by atoms with Gasteiger partial charge in [0, 0.05) is 52.8 Å². The van der Waals surface area contributed by atoms with Crippen LogP contribution >= 0.6 is 0 Å². The fourth-order valence-electron chi connectivity index (χ4n) is 2.07. The minimum Gasteiger partial charge on any atom is -0.383 e. The summed E-state index contributed by atoms with van der Waals surface area (Å²) < 4.78 is 29.4. The number of amides is 1. The van der Waals surface area contributed by atoms with Crippen LogP contribution in [0.2, 0.25) is 0 Å². The summed E-state index contributed by atoms with van der Waals surface area (Å²) in [4.78, 5) is 16.0. The van der Waals surface area contributed by atoms with E-state index in [-0.39, 0.29) is 25.4 Å². The molecule has 1 aliphatic heterocycles. The minimum absolute atomic E-state index is 0.0177. The normalized spacial score (nSPS) is 17.7. The molecule has 0 aliphatic carbocycles. The van der Waals surface area contributed by atoms with Gasteiger partial charge < -0.3 is 14.5 Å². The highest BCUT2D eigenvalue weighted by atomic mass is 32.2. The Morgan fingerprint density at radius 1 is 1.20 bits per heavy atom. The van der Waals surface area contributed by atoms with Gasteiger partial charge in [-0.2, -0.15) is 4.31 Å². The highest BCUT2D eigenvalue weighted by Crippen LogP contribution is 2.05. The second-order valence-corrected chi connectivity index (χ2v) is 7.07. The van der Waals surface area contributed by atoms with E-state index in [0.717, 1.165) is 19.3 Å². The van der Waals surface area contributed by atoms with E-state index in [2.05, 4.69) is 4.90 Å². The number of carbonyl (C=O) groups excluding carboxylic acids is 1. The Balaban J connectivity index is 2.44. The summed E-state index contributed by atoms with van der Waals surface area (Å²) in [7, 11) is 0.251. The van der Waals surface area contributed by atoms with Crippen LogP contribution in [0.15, 0.2) is 0 Å². The largest absolute Gasteiger partial charge is 0.383 e. The predicted molar refractivity (Wildman–Crippen MR) is 77.0 cm³/mol. The number of likely N-dealkylation sites (N-methyl/N-ethyl adjacent to an activating group) is 1. The van der Waals surface area contributed by atoms with Crippen molar-refractivity contribution in [1.82, 2.24) is 14.1 Å². The third-order valence-electron chi connectivity index (χ3n) is 3.44. The number of hydrogen-bond donors (Lipinski definition) is 0. The van der Waals surface area contributed by atoms with Gasteiger partial charge in [-0.3, -0.25) is 4.79 Å². The smallest absolute Gasteiger partial charge is 0.223 e. The summed E-state index contributed by atoms with van der Waals surface area (Å²) in [5.74, 6) is 0.0177. The number of piperazine rings is 1. The molecule has 20 heavy (non-hydrogen) atoms. The molecule has 1 fully saturated rings. The lowest BCUT2D eigenvalue weighted by Crippen LogP contribution is -2.48. The molecular formula is C12H25N3O4S. The number of carbonyl (C=O) groups is 1. The predicted octanol–water partition coefficient (Wildman–Crippen LogP) is -0.941. The van der Waals surface area contributed by atoms with Crippen LogP contribution in [0.3, 0.4) is 0 Å².